The van der Waals surface area contributed by atoms with E-state index in [-0.39, 0.29) is 11.4 Å². The van der Waals surface area contributed by atoms with Crippen LogP contribution < -0.4 is 4.74 Å². The van der Waals surface area contributed by atoms with Crippen molar-refractivity contribution in [3.8, 4) is 5.88 Å². The first-order chi connectivity index (χ1) is 7.04. The number of hydrogen-bond acceptors (Lipinski definition) is 5. The highest BCUT2D eigenvalue weighted by Crippen LogP contribution is 2.17. The maximum atomic E-state index is 11.3. The molecule has 1 aromatic heterocycles. The van der Waals surface area contributed by atoms with Crippen molar-refractivity contribution in [1.82, 2.24) is 4.98 Å². The van der Waals surface area contributed by atoms with Gasteiger partial charge in [-0.1, -0.05) is 0 Å². The Labute approximate surface area is 87.0 Å². The maximum Gasteiger partial charge on any atom is 0.343 e. The fourth-order valence-electron chi connectivity index (χ4n) is 1.01. The summed E-state index contributed by atoms with van der Waals surface area (Å²) < 4.78 is 9.33. The van der Waals surface area contributed by atoms with E-state index in [1.807, 2.05) is 0 Å². The summed E-state index contributed by atoms with van der Waals surface area (Å²) in [6.45, 7) is 2.97. The minimum Gasteiger partial charge on any atom is -0.465 e. The molecule has 0 aliphatic carbocycles. The average molecular weight is 209 g/mol. The monoisotopic (exact) mass is 209 g/mol. The van der Waals surface area contributed by atoms with Crippen molar-refractivity contribution >= 4 is 11.9 Å². The summed E-state index contributed by atoms with van der Waals surface area (Å²) in [7, 11) is 1.25. The largest absolute Gasteiger partial charge is 0.465 e. The SMILES string of the molecule is COC(=O)c1ccc(C)nc1OC(C)=O. The van der Waals surface area contributed by atoms with E-state index in [2.05, 4.69) is 9.72 Å². The zero-order chi connectivity index (χ0) is 11.4. The Bertz CT molecular complexity index is 400. The van der Waals surface area contributed by atoms with Crippen molar-refractivity contribution in [2.45, 2.75) is 13.8 Å². The smallest absolute Gasteiger partial charge is 0.343 e. The van der Waals surface area contributed by atoms with Crippen LogP contribution in [0.25, 0.3) is 0 Å². The first-order valence-electron chi connectivity index (χ1n) is 4.29. The highest BCUT2D eigenvalue weighted by atomic mass is 16.5. The van der Waals surface area contributed by atoms with E-state index in [9.17, 15) is 9.59 Å². The predicted octanol–water partition coefficient (Wildman–Crippen LogP) is 1.10. The van der Waals surface area contributed by atoms with Crippen LogP contribution in [0, 0.1) is 6.92 Å². The van der Waals surface area contributed by atoms with E-state index in [4.69, 9.17) is 4.74 Å². The Kier molecular flexibility index (Phi) is 3.38. The molecule has 1 aromatic rings. The van der Waals surface area contributed by atoms with Gasteiger partial charge in [-0.2, -0.15) is 0 Å². The van der Waals surface area contributed by atoms with E-state index in [0.29, 0.717) is 5.69 Å². The number of aryl methyl sites for hydroxylation is 1. The highest BCUT2D eigenvalue weighted by molar-refractivity contribution is 5.92. The minimum absolute atomic E-state index is 0.0191. The first-order valence-corrected chi connectivity index (χ1v) is 4.29. The second kappa shape index (κ2) is 4.54. The van der Waals surface area contributed by atoms with Crippen LogP contribution in [0.1, 0.15) is 23.0 Å². The lowest BCUT2D eigenvalue weighted by atomic mass is 10.2. The molecule has 0 radical (unpaired) electrons. The van der Waals surface area contributed by atoms with Gasteiger partial charge in [-0.3, -0.25) is 4.79 Å². The molecule has 0 saturated heterocycles. The van der Waals surface area contributed by atoms with Crippen LogP contribution in [0.3, 0.4) is 0 Å². The molecule has 0 N–H and O–H groups in total. The van der Waals surface area contributed by atoms with Crippen molar-refractivity contribution in [3.05, 3.63) is 23.4 Å². The molecular weight excluding hydrogens is 198 g/mol. The third-order valence-corrected chi connectivity index (χ3v) is 1.65. The van der Waals surface area contributed by atoms with Crippen molar-refractivity contribution in [2.75, 3.05) is 7.11 Å². The Balaban J connectivity index is 3.13. The van der Waals surface area contributed by atoms with Crippen molar-refractivity contribution in [3.63, 3.8) is 0 Å². The summed E-state index contributed by atoms with van der Waals surface area (Å²) in [5.74, 6) is -1.13. The van der Waals surface area contributed by atoms with Gasteiger partial charge in [-0.15, -0.1) is 0 Å². The predicted molar refractivity (Wildman–Crippen MR) is 51.6 cm³/mol. The van der Waals surface area contributed by atoms with Crippen LogP contribution >= 0.6 is 0 Å². The van der Waals surface area contributed by atoms with Gasteiger partial charge in [0, 0.05) is 12.6 Å². The van der Waals surface area contributed by atoms with Crippen LogP contribution in [-0.4, -0.2) is 24.0 Å². The molecule has 1 rings (SSSR count). The standard InChI is InChI=1S/C10H11NO4/c1-6-4-5-8(10(13)14-3)9(11-6)15-7(2)12/h4-5H,1-3H3. The molecule has 5 heteroatoms. The summed E-state index contributed by atoms with van der Waals surface area (Å²) in [6.07, 6.45) is 0. The van der Waals surface area contributed by atoms with Gasteiger partial charge in [0.25, 0.3) is 0 Å². The molecule has 0 fully saturated rings. The lowest BCUT2D eigenvalue weighted by molar-refractivity contribution is -0.132. The van der Waals surface area contributed by atoms with Crippen LogP contribution in [-0.2, 0) is 9.53 Å². The number of pyridine rings is 1. The summed E-state index contributed by atoms with van der Waals surface area (Å²) in [4.78, 5) is 26.0. The van der Waals surface area contributed by atoms with E-state index in [1.54, 1.807) is 13.0 Å². The third kappa shape index (κ3) is 2.77. The van der Waals surface area contributed by atoms with Crippen LogP contribution in [0.4, 0.5) is 0 Å². The van der Waals surface area contributed by atoms with Gasteiger partial charge < -0.3 is 9.47 Å². The number of ether oxygens (including phenoxy) is 2. The zero-order valence-corrected chi connectivity index (χ0v) is 8.73. The number of carbonyl (C=O) groups is 2. The Morgan fingerprint density at radius 2 is 2.00 bits per heavy atom. The molecule has 0 unspecified atom stereocenters. The molecule has 1 heterocycles. The van der Waals surface area contributed by atoms with Crippen LogP contribution in [0.5, 0.6) is 5.88 Å². The van der Waals surface area contributed by atoms with Gasteiger partial charge in [-0.05, 0) is 19.1 Å². The van der Waals surface area contributed by atoms with Crippen LogP contribution in [0.15, 0.2) is 12.1 Å². The number of esters is 2. The lowest BCUT2D eigenvalue weighted by Gasteiger charge is -2.06. The quantitative estimate of drug-likeness (QED) is 0.682. The fraction of sp³-hybridized carbons (Fsp3) is 0.300. The topological polar surface area (TPSA) is 65.5 Å². The van der Waals surface area contributed by atoms with Gasteiger partial charge >= 0.3 is 11.9 Å². The Morgan fingerprint density at radius 3 is 2.53 bits per heavy atom. The van der Waals surface area contributed by atoms with Crippen molar-refractivity contribution in [1.29, 1.82) is 0 Å². The van der Waals surface area contributed by atoms with Crippen molar-refractivity contribution < 1.29 is 19.1 Å². The molecule has 5 nitrogen and oxygen atoms in total. The Morgan fingerprint density at radius 1 is 1.33 bits per heavy atom. The molecule has 15 heavy (non-hydrogen) atoms. The van der Waals surface area contributed by atoms with Gasteiger partial charge in [0.2, 0.25) is 5.88 Å². The number of aromatic nitrogens is 1. The molecular formula is C10H11NO4. The molecule has 0 aliphatic rings. The van der Waals surface area contributed by atoms with E-state index >= 15 is 0 Å². The molecule has 0 saturated carbocycles. The zero-order valence-electron chi connectivity index (χ0n) is 8.73. The molecule has 80 valence electrons. The Hall–Kier alpha value is -1.91. The minimum atomic E-state index is -0.584. The number of nitrogens with zero attached hydrogens (tertiary/aromatic N) is 1. The van der Waals surface area contributed by atoms with Gasteiger partial charge in [0.15, 0.2) is 0 Å². The molecule has 0 aromatic carbocycles. The molecule has 0 spiro atoms. The lowest BCUT2D eigenvalue weighted by Crippen LogP contribution is -2.10. The summed E-state index contributed by atoms with van der Waals surface area (Å²) in [5, 5.41) is 0. The normalized spacial score (nSPS) is 9.53. The van der Waals surface area contributed by atoms with Gasteiger partial charge in [-0.25, -0.2) is 9.78 Å². The third-order valence-electron chi connectivity index (χ3n) is 1.65. The number of methoxy groups -OCH3 is 1. The molecule has 0 aliphatic heterocycles. The fourth-order valence-corrected chi connectivity index (χ4v) is 1.01. The number of hydrogen-bond donors (Lipinski definition) is 0. The van der Waals surface area contributed by atoms with E-state index < -0.39 is 11.9 Å². The number of rotatable bonds is 2. The summed E-state index contributed by atoms with van der Waals surface area (Å²) in [5.41, 5.74) is 0.789. The summed E-state index contributed by atoms with van der Waals surface area (Å²) >= 11 is 0. The maximum absolute atomic E-state index is 11.3. The van der Waals surface area contributed by atoms with E-state index in [0.717, 1.165) is 0 Å². The molecule has 0 atom stereocenters. The van der Waals surface area contributed by atoms with Crippen LogP contribution in [0.2, 0.25) is 0 Å². The van der Waals surface area contributed by atoms with E-state index in [1.165, 1.54) is 20.1 Å². The van der Waals surface area contributed by atoms with Crippen molar-refractivity contribution in [2.24, 2.45) is 0 Å². The van der Waals surface area contributed by atoms with Gasteiger partial charge in [0.1, 0.15) is 5.56 Å². The second-order valence-electron chi connectivity index (χ2n) is 2.89. The average Bonchev–Trinajstić information content (AvgIpc) is 2.16. The molecule has 0 bridgehead atoms. The molecule has 0 amide bonds. The second-order valence-corrected chi connectivity index (χ2v) is 2.89. The first kappa shape index (κ1) is 11.2. The van der Waals surface area contributed by atoms with Gasteiger partial charge in [0.05, 0.1) is 7.11 Å². The summed E-state index contributed by atoms with van der Waals surface area (Å²) in [6, 6.07) is 3.14. The highest BCUT2D eigenvalue weighted by Gasteiger charge is 2.15. The number of carbonyl (C=O) groups excluding carboxylic acids is 2.